The number of para-hydroxylation sites is 1. The van der Waals surface area contributed by atoms with Gasteiger partial charge in [0, 0.05) is 29.1 Å². The molecule has 0 radical (unpaired) electrons. The van der Waals surface area contributed by atoms with E-state index in [9.17, 15) is 19.1 Å². The highest BCUT2D eigenvalue weighted by atomic mass is 19.1. The quantitative estimate of drug-likeness (QED) is 0.674. The molecule has 1 amide bonds. The summed E-state index contributed by atoms with van der Waals surface area (Å²) in [6.45, 7) is 0. The van der Waals surface area contributed by atoms with Crippen molar-refractivity contribution in [2.45, 2.75) is 12.5 Å². The van der Waals surface area contributed by atoms with Crippen LogP contribution in [0, 0.1) is 5.82 Å². The molecular formula is C18H15FN2O3. The van der Waals surface area contributed by atoms with Crippen LogP contribution in [0.1, 0.15) is 15.9 Å². The number of H-pyrrole nitrogens is 1. The van der Waals surface area contributed by atoms with E-state index in [0.717, 1.165) is 22.5 Å². The molecule has 3 aromatic rings. The number of aromatic amines is 1. The number of benzene rings is 2. The van der Waals surface area contributed by atoms with Gasteiger partial charge in [-0.05, 0) is 29.8 Å². The van der Waals surface area contributed by atoms with Crippen molar-refractivity contribution in [3.05, 3.63) is 71.7 Å². The van der Waals surface area contributed by atoms with Crippen LogP contribution in [0.5, 0.6) is 0 Å². The van der Waals surface area contributed by atoms with Gasteiger partial charge in [0.25, 0.3) is 5.91 Å². The number of aromatic nitrogens is 1. The molecule has 122 valence electrons. The highest BCUT2D eigenvalue weighted by molar-refractivity contribution is 5.96. The number of nitrogens with one attached hydrogen (secondary N) is 2. The van der Waals surface area contributed by atoms with E-state index in [4.69, 9.17) is 0 Å². The number of hydrogen-bond acceptors (Lipinski definition) is 2. The van der Waals surface area contributed by atoms with Gasteiger partial charge in [-0.25, -0.2) is 9.18 Å². The molecule has 6 heteroatoms. The lowest BCUT2D eigenvalue weighted by Gasteiger charge is -2.14. The van der Waals surface area contributed by atoms with E-state index in [2.05, 4.69) is 10.3 Å². The second kappa shape index (κ2) is 6.54. The Balaban J connectivity index is 1.80. The lowest BCUT2D eigenvalue weighted by molar-refractivity contribution is -0.139. The Kier molecular flexibility index (Phi) is 4.29. The molecule has 2 aromatic carbocycles. The molecule has 0 aliphatic carbocycles. The number of carbonyl (C=O) groups is 2. The van der Waals surface area contributed by atoms with Gasteiger partial charge in [-0.3, -0.25) is 4.79 Å². The van der Waals surface area contributed by atoms with Crippen LogP contribution in [0.2, 0.25) is 0 Å². The Hall–Kier alpha value is -3.15. The Morgan fingerprint density at radius 1 is 1.17 bits per heavy atom. The number of aliphatic carboxylic acids is 1. The first-order chi connectivity index (χ1) is 11.5. The smallest absolute Gasteiger partial charge is 0.326 e. The Morgan fingerprint density at radius 3 is 2.71 bits per heavy atom. The first kappa shape index (κ1) is 15.7. The third-order valence-corrected chi connectivity index (χ3v) is 3.79. The summed E-state index contributed by atoms with van der Waals surface area (Å²) in [7, 11) is 0. The molecule has 0 saturated heterocycles. The summed E-state index contributed by atoms with van der Waals surface area (Å²) in [6.07, 6.45) is 1.86. The van der Waals surface area contributed by atoms with Gasteiger partial charge >= 0.3 is 5.97 Å². The van der Waals surface area contributed by atoms with E-state index in [1.165, 1.54) is 18.2 Å². The van der Waals surface area contributed by atoms with E-state index < -0.39 is 23.7 Å². The molecular weight excluding hydrogens is 311 g/mol. The van der Waals surface area contributed by atoms with Crippen molar-refractivity contribution in [3.63, 3.8) is 0 Å². The van der Waals surface area contributed by atoms with Crippen LogP contribution in [-0.2, 0) is 11.2 Å². The predicted octanol–water partition coefficient (Wildman–Crippen LogP) is 2.73. The zero-order valence-electron chi connectivity index (χ0n) is 12.6. The standard InChI is InChI=1S/C18H15FN2O3/c19-13-5-3-4-11(8-13)17(22)21-16(18(23)24)9-12-10-20-15-7-2-1-6-14(12)15/h1-8,10,16,20H,9H2,(H,21,22)(H,23,24)/t16-/m0/s1. The highest BCUT2D eigenvalue weighted by Crippen LogP contribution is 2.19. The maximum Gasteiger partial charge on any atom is 0.326 e. The normalized spacial score (nSPS) is 12.0. The molecule has 0 aliphatic rings. The highest BCUT2D eigenvalue weighted by Gasteiger charge is 2.22. The van der Waals surface area contributed by atoms with Crippen LogP contribution in [-0.4, -0.2) is 28.0 Å². The number of carbonyl (C=O) groups excluding carboxylic acids is 1. The predicted molar refractivity (Wildman–Crippen MR) is 87.3 cm³/mol. The molecule has 3 rings (SSSR count). The van der Waals surface area contributed by atoms with E-state index in [1.54, 1.807) is 6.20 Å². The van der Waals surface area contributed by atoms with Gasteiger partial charge in [-0.2, -0.15) is 0 Å². The Morgan fingerprint density at radius 2 is 1.96 bits per heavy atom. The molecule has 0 unspecified atom stereocenters. The van der Waals surface area contributed by atoms with E-state index in [-0.39, 0.29) is 12.0 Å². The number of rotatable bonds is 5. The number of fused-ring (bicyclic) bond motifs is 1. The first-order valence-corrected chi connectivity index (χ1v) is 7.39. The number of hydrogen-bond donors (Lipinski definition) is 3. The SMILES string of the molecule is O=C(N[C@@H](Cc1c[nH]c2ccccc12)C(=O)O)c1cccc(F)c1. The molecule has 0 spiro atoms. The largest absolute Gasteiger partial charge is 0.480 e. The van der Waals surface area contributed by atoms with Gasteiger partial charge in [0.05, 0.1) is 0 Å². The van der Waals surface area contributed by atoms with Crippen molar-refractivity contribution in [1.29, 1.82) is 0 Å². The van der Waals surface area contributed by atoms with Gasteiger partial charge in [-0.1, -0.05) is 24.3 Å². The molecule has 5 nitrogen and oxygen atoms in total. The van der Waals surface area contributed by atoms with Gasteiger partial charge in [0.2, 0.25) is 0 Å². The third-order valence-electron chi connectivity index (χ3n) is 3.79. The molecule has 1 aromatic heterocycles. The molecule has 1 heterocycles. The van der Waals surface area contributed by atoms with Crippen molar-refractivity contribution in [3.8, 4) is 0 Å². The number of amides is 1. The minimum Gasteiger partial charge on any atom is -0.480 e. The van der Waals surface area contributed by atoms with Crippen LogP contribution < -0.4 is 5.32 Å². The van der Waals surface area contributed by atoms with E-state index in [1.807, 2.05) is 24.3 Å². The topological polar surface area (TPSA) is 82.2 Å². The van der Waals surface area contributed by atoms with Crippen LogP contribution in [0.25, 0.3) is 10.9 Å². The molecule has 24 heavy (non-hydrogen) atoms. The summed E-state index contributed by atoms with van der Waals surface area (Å²) in [4.78, 5) is 26.7. The van der Waals surface area contributed by atoms with Crippen molar-refractivity contribution in [2.24, 2.45) is 0 Å². The molecule has 0 saturated carbocycles. The van der Waals surface area contributed by atoms with Gasteiger partial charge in [0.15, 0.2) is 0 Å². The average Bonchev–Trinajstić information content (AvgIpc) is 2.97. The number of carboxylic acid groups (broad SMARTS) is 1. The van der Waals surface area contributed by atoms with Crippen LogP contribution in [0.4, 0.5) is 4.39 Å². The summed E-state index contributed by atoms with van der Waals surface area (Å²) in [5, 5.41) is 12.7. The monoisotopic (exact) mass is 326 g/mol. The lowest BCUT2D eigenvalue weighted by Crippen LogP contribution is -2.42. The fraction of sp³-hybridized carbons (Fsp3) is 0.111. The first-order valence-electron chi connectivity index (χ1n) is 7.39. The van der Waals surface area contributed by atoms with Crippen LogP contribution in [0.15, 0.2) is 54.7 Å². The molecule has 3 N–H and O–H groups in total. The number of halogens is 1. The van der Waals surface area contributed by atoms with Gasteiger partial charge < -0.3 is 15.4 Å². The second-order valence-electron chi connectivity index (χ2n) is 5.44. The zero-order valence-corrected chi connectivity index (χ0v) is 12.6. The van der Waals surface area contributed by atoms with Gasteiger partial charge in [0.1, 0.15) is 11.9 Å². The summed E-state index contributed by atoms with van der Waals surface area (Å²) in [6, 6.07) is 11.5. The summed E-state index contributed by atoms with van der Waals surface area (Å²) < 4.78 is 13.2. The maximum atomic E-state index is 13.2. The fourth-order valence-corrected chi connectivity index (χ4v) is 2.59. The molecule has 1 atom stereocenters. The van der Waals surface area contributed by atoms with Crippen LogP contribution >= 0.6 is 0 Å². The van der Waals surface area contributed by atoms with E-state index in [0.29, 0.717) is 0 Å². The van der Waals surface area contributed by atoms with Crippen molar-refractivity contribution >= 4 is 22.8 Å². The zero-order chi connectivity index (χ0) is 17.1. The maximum absolute atomic E-state index is 13.2. The van der Waals surface area contributed by atoms with Gasteiger partial charge in [-0.15, -0.1) is 0 Å². The minimum atomic E-state index is -1.15. The fourth-order valence-electron chi connectivity index (χ4n) is 2.59. The third kappa shape index (κ3) is 3.27. The van der Waals surface area contributed by atoms with Crippen molar-refractivity contribution in [1.82, 2.24) is 10.3 Å². The van der Waals surface area contributed by atoms with Crippen LogP contribution in [0.3, 0.4) is 0 Å². The molecule has 0 fully saturated rings. The molecule has 0 bridgehead atoms. The number of carboxylic acids is 1. The summed E-state index contributed by atoms with van der Waals surface area (Å²) in [5.74, 6) is -2.32. The van der Waals surface area contributed by atoms with Crippen molar-refractivity contribution < 1.29 is 19.1 Å². The Bertz CT molecular complexity index is 904. The van der Waals surface area contributed by atoms with Crippen molar-refractivity contribution in [2.75, 3.05) is 0 Å². The summed E-state index contributed by atoms with van der Waals surface area (Å²) >= 11 is 0. The summed E-state index contributed by atoms with van der Waals surface area (Å²) in [5.41, 5.74) is 1.77. The minimum absolute atomic E-state index is 0.0835. The lowest BCUT2D eigenvalue weighted by atomic mass is 10.0. The Labute approximate surface area is 137 Å². The second-order valence-corrected chi connectivity index (χ2v) is 5.44. The molecule has 0 aliphatic heterocycles. The van der Waals surface area contributed by atoms with E-state index >= 15 is 0 Å². The average molecular weight is 326 g/mol.